The Kier molecular flexibility index (Phi) is 2.32. The highest BCUT2D eigenvalue weighted by Gasteiger charge is 2.52. The lowest BCUT2D eigenvalue weighted by molar-refractivity contribution is -0.0183. The molecule has 2 aliphatic carbocycles. The normalized spacial score (nSPS) is 36.9. The first kappa shape index (κ1) is 10.3. The Hall–Kier alpha value is -0.820. The maximum absolute atomic E-state index is 3.39. The van der Waals surface area contributed by atoms with Crippen LogP contribution >= 0.6 is 0 Å². The van der Waals surface area contributed by atoms with Crippen molar-refractivity contribution in [2.45, 2.75) is 44.6 Å². The Balaban J connectivity index is 1.60. The summed E-state index contributed by atoms with van der Waals surface area (Å²) in [4.78, 5) is 0. The smallest absolute Gasteiger partial charge is 0.00746 e. The van der Waals surface area contributed by atoms with Crippen LogP contribution in [0.5, 0.6) is 0 Å². The van der Waals surface area contributed by atoms with E-state index in [0.29, 0.717) is 0 Å². The summed E-state index contributed by atoms with van der Waals surface area (Å²) in [6.07, 6.45) is 5.67. The van der Waals surface area contributed by atoms with Crippen LogP contribution in [0, 0.1) is 12.3 Å². The van der Waals surface area contributed by atoms with Crippen LogP contribution in [0.3, 0.4) is 0 Å². The Morgan fingerprint density at radius 1 is 1.06 bits per heavy atom. The number of nitrogens with one attached hydrogen (secondary N) is 1. The average Bonchev–Trinajstić information content (AvgIpc) is 2.17. The quantitative estimate of drug-likeness (QED) is 0.798. The van der Waals surface area contributed by atoms with E-state index in [4.69, 9.17) is 0 Å². The van der Waals surface area contributed by atoms with Crippen molar-refractivity contribution >= 4 is 0 Å². The third-order valence-electron chi connectivity index (χ3n) is 4.67. The van der Waals surface area contributed by atoms with Crippen molar-refractivity contribution in [3.8, 4) is 0 Å². The van der Waals surface area contributed by atoms with Gasteiger partial charge in [-0.15, -0.1) is 0 Å². The molecule has 1 aromatic carbocycles. The zero-order chi connectivity index (χ0) is 11.2. The van der Waals surface area contributed by atoms with Crippen LogP contribution in [0.4, 0.5) is 0 Å². The summed E-state index contributed by atoms with van der Waals surface area (Å²) in [5.74, 6) is 0.846. The molecule has 16 heavy (non-hydrogen) atoms. The van der Waals surface area contributed by atoms with Crippen LogP contribution in [-0.2, 0) is 0 Å². The first-order chi connectivity index (χ1) is 7.71. The Labute approximate surface area is 98.3 Å². The summed E-state index contributed by atoms with van der Waals surface area (Å²) < 4.78 is 0. The first-order valence-corrected chi connectivity index (χ1v) is 6.45. The molecular weight excluding hydrogens is 194 g/mol. The molecule has 2 fully saturated rings. The van der Waals surface area contributed by atoms with Gasteiger partial charge in [0.25, 0.3) is 0 Å². The Bertz CT molecular complexity index is 365. The molecule has 86 valence electrons. The molecule has 0 bridgehead atoms. The second-order valence-corrected chi connectivity index (χ2v) is 5.91. The van der Waals surface area contributed by atoms with E-state index in [1.807, 2.05) is 0 Å². The second kappa shape index (κ2) is 3.59. The fourth-order valence-electron chi connectivity index (χ4n) is 3.58. The number of hydrogen-bond acceptors (Lipinski definition) is 1. The highest BCUT2D eigenvalue weighted by Crippen LogP contribution is 2.61. The van der Waals surface area contributed by atoms with E-state index in [1.165, 1.54) is 31.2 Å². The molecule has 1 nitrogen and oxygen atoms in total. The van der Waals surface area contributed by atoms with Gasteiger partial charge in [-0.25, -0.2) is 0 Å². The van der Waals surface area contributed by atoms with Crippen molar-refractivity contribution in [1.29, 1.82) is 0 Å². The van der Waals surface area contributed by atoms with Gasteiger partial charge in [-0.3, -0.25) is 0 Å². The van der Waals surface area contributed by atoms with Gasteiger partial charge in [-0.05, 0) is 56.6 Å². The van der Waals surface area contributed by atoms with Crippen molar-refractivity contribution in [2.75, 3.05) is 7.05 Å². The molecule has 0 saturated heterocycles. The maximum atomic E-state index is 3.39. The minimum Gasteiger partial charge on any atom is -0.317 e. The summed E-state index contributed by atoms with van der Waals surface area (Å²) >= 11 is 0. The molecular formula is C15H21N. The second-order valence-electron chi connectivity index (χ2n) is 5.91. The van der Waals surface area contributed by atoms with Gasteiger partial charge in [0.05, 0.1) is 0 Å². The van der Waals surface area contributed by atoms with Crippen LogP contribution in [0.15, 0.2) is 24.3 Å². The van der Waals surface area contributed by atoms with Gasteiger partial charge < -0.3 is 5.32 Å². The lowest BCUT2D eigenvalue weighted by Crippen LogP contribution is -2.53. The highest BCUT2D eigenvalue weighted by molar-refractivity contribution is 5.28. The van der Waals surface area contributed by atoms with Crippen molar-refractivity contribution < 1.29 is 0 Å². The van der Waals surface area contributed by atoms with Crippen LogP contribution in [-0.4, -0.2) is 13.1 Å². The molecule has 0 heterocycles. The third kappa shape index (κ3) is 1.58. The minimum absolute atomic E-state index is 0.725. The van der Waals surface area contributed by atoms with Gasteiger partial charge in [-0.2, -0.15) is 0 Å². The Morgan fingerprint density at radius 3 is 2.25 bits per heavy atom. The van der Waals surface area contributed by atoms with Crippen molar-refractivity contribution in [3.63, 3.8) is 0 Å². The molecule has 0 aliphatic heterocycles. The molecule has 2 saturated carbocycles. The lowest BCUT2D eigenvalue weighted by Gasteiger charge is -2.58. The molecule has 2 aliphatic rings. The molecule has 0 unspecified atom stereocenters. The fourth-order valence-corrected chi connectivity index (χ4v) is 3.58. The summed E-state index contributed by atoms with van der Waals surface area (Å²) in [6, 6.07) is 9.94. The summed E-state index contributed by atoms with van der Waals surface area (Å²) in [7, 11) is 2.09. The fraction of sp³-hybridized carbons (Fsp3) is 0.600. The minimum atomic E-state index is 0.725. The van der Waals surface area contributed by atoms with Gasteiger partial charge in [-0.1, -0.05) is 29.8 Å². The van der Waals surface area contributed by atoms with Crippen LogP contribution in [0.2, 0.25) is 0 Å². The van der Waals surface area contributed by atoms with E-state index < -0.39 is 0 Å². The SMILES string of the molecule is CNC1CC2(C1)CC(c1ccc(C)cc1)C2. The highest BCUT2D eigenvalue weighted by atomic mass is 14.9. The molecule has 1 N–H and O–H groups in total. The van der Waals surface area contributed by atoms with E-state index in [9.17, 15) is 0 Å². The summed E-state index contributed by atoms with van der Waals surface area (Å²) in [5.41, 5.74) is 3.66. The van der Waals surface area contributed by atoms with Gasteiger partial charge >= 0.3 is 0 Å². The average molecular weight is 215 g/mol. The molecule has 1 aromatic rings. The number of hydrogen-bond donors (Lipinski definition) is 1. The van der Waals surface area contributed by atoms with E-state index in [0.717, 1.165) is 17.4 Å². The molecule has 1 heteroatoms. The number of benzene rings is 1. The molecule has 0 aromatic heterocycles. The van der Waals surface area contributed by atoms with Gasteiger partial charge in [0.2, 0.25) is 0 Å². The summed E-state index contributed by atoms with van der Waals surface area (Å²) in [5, 5.41) is 3.39. The summed E-state index contributed by atoms with van der Waals surface area (Å²) in [6.45, 7) is 2.16. The predicted molar refractivity (Wildman–Crippen MR) is 67.7 cm³/mol. The standard InChI is InChI=1S/C15H21N/c1-11-3-5-12(6-4-11)13-7-15(8-13)9-14(10-15)16-2/h3-6,13-14,16H,7-10H2,1-2H3. The van der Waals surface area contributed by atoms with Crippen molar-refractivity contribution in [2.24, 2.45) is 5.41 Å². The molecule has 0 radical (unpaired) electrons. The van der Waals surface area contributed by atoms with Gasteiger partial charge in [0.15, 0.2) is 0 Å². The van der Waals surface area contributed by atoms with E-state index >= 15 is 0 Å². The largest absolute Gasteiger partial charge is 0.317 e. The van der Waals surface area contributed by atoms with Crippen LogP contribution < -0.4 is 5.32 Å². The van der Waals surface area contributed by atoms with E-state index in [1.54, 1.807) is 5.56 Å². The van der Waals surface area contributed by atoms with E-state index in [2.05, 4.69) is 43.6 Å². The van der Waals surface area contributed by atoms with Gasteiger partial charge in [0.1, 0.15) is 0 Å². The predicted octanol–water partition coefficient (Wildman–Crippen LogP) is 3.24. The molecule has 0 atom stereocenters. The van der Waals surface area contributed by atoms with Gasteiger partial charge in [0, 0.05) is 6.04 Å². The number of rotatable bonds is 2. The zero-order valence-electron chi connectivity index (χ0n) is 10.3. The number of aryl methyl sites for hydroxylation is 1. The van der Waals surface area contributed by atoms with Crippen molar-refractivity contribution in [3.05, 3.63) is 35.4 Å². The third-order valence-corrected chi connectivity index (χ3v) is 4.67. The Morgan fingerprint density at radius 2 is 1.69 bits per heavy atom. The molecule has 1 spiro atoms. The topological polar surface area (TPSA) is 12.0 Å². The lowest BCUT2D eigenvalue weighted by atomic mass is 9.49. The van der Waals surface area contributed by atoms with Crippen LogP contribution in [0.25, 0.3) is 0 Å². The van der Waals surface area contributed by atoms with Crippen LogP contribution in [0.1, 0.15) is 42.7 Å². The van der Waals surface area contributed by atoms with Crippen molar-refractivity contribution in [1.82, 2.24) is 5.32 Å². The monoisotopic (exact) mass is 215 g/mol. The molecule has 3 rings (SSSR count). The van der Waals surface area contributed by atoms with E-state index in [-0.39, 0.29) is 0 Å². The molecule has 0 amide bonds. The zero-order valence-corrected chi connectivity index (χ0v) is 10.3. The maximum Gasteiger partial charge on any atom is 0.00746 e. The first-order valence-electron chi connectivity index (χ1n) is 6.45.